The van der Waals surface area contributed by atoms with E-state index < -0.39 is 0 Å². The average Bonchev–Trinajstić information content (AvgIpc) is 3.48. The zero-order valence-electron chi connectivity index (χ0n) is 32.9. The topological polar surface area (TPSA) is 146 Å². The van der Waals surface area contributed by atoms with E-state index >= 15 is 0 Å². The van der Waals surface area contributed by atoms with Crippen molar-refractivity contribution < 1.29 is 38.3 Å². The number of carbonyl (C=O) groups is 2. The van der Waals surface area contributed by atoms with Gasteiger partial charge in [-0.05, 0) is 61.9 Å². The second kappa shape index (κ2) is 22.7. The third-order valence-corrected chi connectivity index (χ3v) is 9.05. The Labute approximate surface area is 321 Å². The van der Waals surface area contributed by atoms with E-state index in [4.69, 9.17) is 33.8 Å². The number of ether oxygens (including phenoxy) is 5. The van der Waals surface area contributed by atoms with E-state index in [-0.39, 0.29) is 24.6 Å². The summed E-state index contributed by atoms with van der Waals surface area (Å²) in [5.41, 5.74) is 6.47. The molecule has 1 amide bonds. The zero-order chi connectivity index (χ0) is 38.8. The number of fused-ring (bicyclic) bond motifs is 1. The lowest BCUT2D eigenvalue weighted by atomic mass is 9.75. The zero-order valence-corrected chi connectivity index (χ0v) is 32.9. The molecule has 13 nitrogen and oxygen atoms in total. The van der Waals surface area contributed by atoms with Crippen molar-refractivity contribution >= 4 is 30.3 Å². The van der Waals surface area contributed by atoms with Gasteiger partial charge in [-0.3, -0.25) is 9.59 Å². The lowest BCUT2D eigenvalue weighted by Crippen LogP contribution is -2.28. The predicted octanol–water partition coefficient (Wildman–Crippen LogP) is 3.07. The van der Waals surface area contributed by atoms with Gasteiger partial charge < -0.3 is 44.2 Å². The molecular formula is C40H60BN5O8. The van der Waals surface area contributed by atoms with Gasteiger partial charge in [0.15, 0.2) is 5.78 Å². The van der Waals surface area contributed by atoms with Gasteiger partial charge in [-0.15, -0.1) is 0 Å². The first-order chi connectivity index (χ1) is 26.1. The van der Waals surface area contributed by atoms with E-state index in [1.807, 2.05) is 54.1 Å². The number of benzene rings is 2. The molecule has 0 fully saturated rings. The fourth-order valence-electron chi connectivity index (χ4n) is 6.26. The first kappa shape index (κ1) is 43.1. The highest BCUT2D eigenvalue weighted by Crippen LogP contribution is 2.37. The van der Waals surface area contributed by atoms with Crippen molar-refractivity contribution in [1.29, 1.82) is 0 Å². The highest BCUT2D eigenvalue weighted by molar-refractivity contribution is 6.45. The Morgan fingerprint density at radius 3 is 2.00 bits per heavy atom. The van der Waals surface area contributed by atoms with Crippen molar-refractivity contribution in [3.63, 3.8) is 0 Å². The predicted molar refractivity (Wildman–Crippen MR) is 212 cm³/mol. The number of aromatic nitrogens is 2. The fourth-order valence-corrected chi connectivity index (χ4v) is 6.26. The van der Waals surface area contributed by atoms with Gasteiger partial charge >= 0.3 is 7.48 Å². The molecule has 1 aliphatic carbocycles. The minimum Gasteiger partial charge on any atom is -0.449 e. The van der Waals surface area contributed by atoms with Gasteiger partial charge in [-0.1, -0.05) is 43.6 Å². The fraction of sp³-hybridized carbons (Fsp3) is 0.575. The molecule has 4 rings (SSSR count). The molecule has 3 N–H and O–H groups in total. The maximum atomic E-state index is 13.0. The number of hydrogen-bond acceptors (Lipinski definition) is 11. The van der Waals surface area contributed by atoms with Crippen LogP contribution in [0.2, 0.25) is 0 Å². The summed E-state index contributed by atoms with van der Waals surface area (Å²) in [4.78, 5) is 27.5. The second-order valence-electron chi connectivity index (χ2n) is 14.5. The Kier molecular flexibility index (Phi) is 18.1. The number of amides is 1. The first-order valence-corrected chi connectivity index (χ1v) is 19.1. The quantitative estimate of drug-likeness (QED) is 0.0823. The van der Waals surface area contributed by atoms with Crippen LogP contribution in [0, 0.1) is 12.3 Å². The third kappa shape index (κ3) is 13.9. The Morgan fingerprint density at radius 2 is 1.43 bits per heavy atom. The number of ketones is 1. The van der Waals surface area contributed by atoms with Gasteiger partial charge in [0.1, 0.15) is 0 Å². The summed E-state index contributed by atoms with van der Waals surface area (Å²) in [6, 6.07) is 13.6. The second-order valence-corrected chi connectivity index (χ2v) is 14.5. The lowest BCUT2D eigenvalue weighted by Gasteiger charge is -2.29. The van der Waals surface area contributed by atoms with Crippen LogP contribution in [-0.4, -0.2) is 132 Å². The lowest BCUT2D eigenvalue weighted by molar-refractivity contribution is -0.0111. The largest absolute Gasteiger partial charge is 0.449 e. The van der Waals surface area contributed by atoms with Gasteiger partial charge in [-0.25, -0.2) is 4.68 Å². The molecule has 0 saturated carbocycles. The number of nitrogens with zero attached hydrogens (tertiary/aromatic N) is 3. The summed E-state index contributed by atoms with van der Waals surface area (Å²) in [6.07, 6.45) is 2.93. The molecule has 0 saturated heterocycles. The Balaban J connectivity index is 1.01. The molecule has 0 aliphatic heterocycles. The summed E-state index contributed by atoms with van der Waals surface area (Å²) in [6.45, 7) is 13.7. The molecule has 1 heterocycles. The van der Waals surface area contributed by atoms with Crippen LogP contribution in [0.1, 0.15) is 70.8 Å². The number of hydrogen-bond donors (Lipinski definition) is 3. The normalized spacial score (nSPS) is 13.6. The van der Waals surface area contributed by atoms with Gasteiger partial charge in [0.2, 0.25) is 0 Å². The highest BCUT2D eigenvalue weighted by Gasteiger charge is 2.36. The van der Waals surface area contributed by atoms with Gasteiger partial charge in [-0.2, -0.15) is 5.10 Å². The van der Waals surface area contributed by atoms with Crippen molar-refractivity contribution in [2.45, 2.75) is 53.0 Å². The van der Waals surface area contributed by atoms with Crippen LogP contribution in [0.5, 0.6) is 0 Å². The van der Waals surface area contributed by atoms with Crippen molar-refractivity contribution in [1.82, 2.24) is 20.0 Å². The van der Waals surface area contributed by atoms with Gasteiger partial charge in [0.25, 0.3) is 5.91 Å². The third-order valence-electron chi connectivity index (χ3n) is 9.05. The number of nitrogens with one attached hydrogen (secondary N) is 2. The molecule has 2 aromatic carbocycles. The molecule has 1 aromatic heterocycles. The number of rotatable bonds is 26. The molecule has 0 atom stereocenters. The van der Waals surface area contributed by atoms with Crippen LogP contribution in [0.15, 0.2) is 42.5 Å². The van der Waals surface area contributed by atoms with Gasteiger partial charge in [0.05, 0.1) is 81.1 Å². The maximum absolute atomic E-state index is 13.0. The molecule has 14 heteroatoms. The first-order valence-electron chi connectivity index (χ1n) is 19.1. The molecule has 54 heavy (non-hydrogen) atoms. The van der Waals surface area contributed by atoms with E-state index in [1.165, 1.54) is 5.56 Å². The van der Waals surface area contributed by atoms with E-state index in [2.05, 4.69) is 24.5 Å². The monoisotopic (exact) mass is 749 g/mol. The average molecular weight is 750 g/mol. The van der Waals surface area contributed by atoms with Crippen LogP contribution >= 0.6 is 0 Å². The van der Waals surface area contributed by atoms with Crippen molar-refractivity contribution in [3.05, 3.63) is 70.5 Å². The molecule has 0 spiro atoms. The Morgan fingerprint density at radius 1 is 0.852 bits per heavy atom. The molecule has 0 radical (unpaired) electrons. The summed E-state index contributed by atoms with van der Waals surface area (Å²) in [7, 11) is 3.55. The van der Waals surface area contributed by atoms with Crippen molar-refractivity contribution in [2.24, 2.45) is 5.41 Å². The smallest absolute Gasteiger partial charge is 0.304 e. The summed E-state index contributed by atoms with van der Waals surface area (Å²) in [5, 5.41) is 20.7. The van der Waals surface area contributed by atoms with E-state index in [9.17, 15) is 9.59 Å². The maximum Gasteiger partial charge on any atom is 0.304 e. The number of Topliss-reactive ketones (excluding diaryl/α,β-unsaturated/α-hetero) is 1. The standard InChI is InChI=1S/C40H60BN5O8/c1-30-38-36(27-40(2,3)28-37(38)47)46(44-30)33-12-13-34(39(48)45(4)5)35(26-33)43-15-7-17-51-19-21-53-23-25-54-24-22-52-20-18-50-16-6-14-42-29-31-8-10-32(41-49)11-9-31/h8-13,26,41-43,49H,6-7,14-25,27-29H2,1-5H3. The van der Waals surface area contributed by atoms with Crippen molar-refractivity contribution in [2.75, 3.05) is 98.6 Å². The summed E-state index contributed by atoms with van der Waals surface area (Å²) >= 11 is 0. The number of aryl methyl sites for hydroxylation is 1. The van der Waals surface area contributed by atoms with Crippen LogP contribution in [-0.2, 0) is 36.6 Å². The van der Waals surface area contributed by atoms with E-state index in [0.717, 1.165) is 66.1 Å². The van der Waals surface area contributed by atoms with Crippen LogP contribution in [0.4, 0.5) is 5.69 Å². The summed E-state index contributed by atoms with van der Waals surface area (Å²) in [5.74, 6) is 0.0421. The van der Waals surface area contributed by atoms with Crippen LogP contribution < -0.4 is 16.1 Å². The minimum absolute atomic E-state index is 0.0710. The Hall–Kier alpha value is -3.63. The molecular weight excluding hydrogens is 689 g/mol. The van der Waals surface area contributed by atoms with Crippen LogP contribution in [0.3, 0.4) is 0 Å². The highest BCUT2D eigenvalue weighted by atomic mass is 16.6. The molecule has 1 aliphatic rings. The summed E-state index contributed by atoms with van der Waals surface area (Å²) < 4.78 is 30.0. The molecule has 0 unspecified atom stereocenters. The molecule has 0 bridgehead atoms. The molecule has 296 valence electrons. The SMILES string of the molecule is Cc1nn(-c2ccc(C(=O)N(C)C)c(NCCCOCCOCCOCCOCCOCCCNCc3ccc(BO)cc3)c2)c2c1C(=O)CC(C)(C)C2. The van der Waals surface area contributed by atoms with Crippen molar-refractivity contribution in [3.8, 4) is 5.69 Å². The van der Waals surface area contributed by atoms with Crippen LogP contribution in [0.25, 0.3) is 5.69 Å². The Bertz CT molecular complexity index is 1600. The van der Waals surface area contributed by atoms with Gasteiger partial charge in [0, 0.05) is 52.5 Å². The number of anilines is 1. The molecule has 3 aromatic rings. The van der Waals surface area contributed by atoms with E-state index in [0.29, 0.717) is 84.6 Å². The minimum atomic E-state index is -0.140. The number of carbonyl (C=O) groups excluding carboxylic acids is 2. The van der Waals surface area contributed by atoms with E-state index in [1.54, 1.807) is 19.0 Å².